The molecule has 178 valence electrons. The molecule has 1 aliphatic heterocycles. The van der Waals surface area contributed by atoms with Gasteiger partial charge in [-0.05, 0) is 43.9 Å². The molecule has 3 aromatic rings. The van der Waals surface area contributed by atoms with Crippen LogP contribution in [-0.2, 0) is 6.54 Å². The summed E-state index contributed by atoms with van der Waals surface area (Å²) in [6.45, 7) is 3.66. The maximum absolute atomic E-state index is 9.45. The molecule has 0 aromatic carbocycles. The number of nitrogens with two attached hydrogens (primary N) is 1. The fourth-order valence-corrected chi connectivity index (χ4v) is 4.48. The molecule has 0 spiro atoms. The minimum Gasteiger partial charge on any atom is -0.495 e. The Morgan fingerprint density at radius 1 is 1.30 bits per heavy atom. The molecule has 0 aliphatic carbocycles. The van der Waals surface area contributed by atoms with Gasteiger partial charge in [-0.1, -0.05) is 19.8 Å². The van der Waals surface area contributed by atoms with Crippen LogP contribution in [0.15, 0.2) is 18.5 Å². The van der Waals surface area contributed by atoms with Crippen LogP contribution in [0.25, 0.3) is 11.0 Å². The third-order valence-corrected chi connectivity index (χ3v) is 6.15. The Hall–Kier alpha value is -2.98. The highest BCUT2D eigenvalue weighted by molar-refractivity contribution is 5.86. The summed E-state index contributed by atoms with van der Waals surface area (Å²) in [5.74, 6) is 1.53. The molecular formula is C23H34N8O2. The fourth-order valence-electron chi connectivity index (χ4n) is 4.48. The summed E-state index contributed by atoms with van der Waals surface area (Å²) in [4.78, 5) is 13.5. The van der Waals surface area contributed by atoms with E-state index in [4.69, 9.17) is 15.5 Å². The van der Waals surface area contributed by atoms with E-state index in [1.54, 1.807) is 13.3 Å². The third-order valence-electron chi connectivity index (χ3n) is 6.15. The van der Waals surface area contributed by atoms with E-state index in [1.807, 2.05) is 10.9 Å². The van der Waals surface area contributed by atoms with E-state index in [0.717, 1.165) is 48.3 Å². The second-order valence-corrected chi connectivity index (χ2v) is 8.53. The monoisotopic (exact) mass is 454 g/mol. The van der Waals surface area contributed by atoms with E-state index in [1.165, 1.54) is 12.8 Å². The first-order chi connectivity index (χ1) is 16.1. The van der Waals surface area contributed by atoms with Crippen LogP contribution in [0, 0.1) is 0 Å². The minimum absolute atomic E-state index is 0.0794. The molecular weight excluding hydrogens is 420 g/mol. The van der Waals surface area contributed by atoms with Gasteiger partial charge in [0.05, 0.1) is 19.9 Å². The molecule has 1 saturated heterocycles. The summed E-state index contributed by atoms with van der Waals surface area (Å²) in [6, 6.07) is 2.47. The number of nitrogens with one attached hydrogen (secondary N) is 2. The molecule has 10 heteroatoms. The van der Waals surface area contributed by atoms with E-state index in [0.29, 0.717) is 30.3 Å². The van der Waals surface area contributed by atoms with Crippen LogP contribution in [0.4, 0.5) is 11.8 Å². The lowest BCUT2D eigenvalue weighted by Gasteiger charge is -2.24. The number of nitrogens with zero attached hydrogens (tertiary/aromatic N) is 5. The Labute approximate surface area is 194 Å². The zero-order valence-electron chi connectivity index (χ0n) is 19.4. The Morgan fingerprint density at radius 3 is 2.91 bits per heavy atom. The van der Waals surface area contributed by atoms with Crippen molar-refractivity contribution in [3.8, 4) is 5.75 Å². The number of fused-ring (bicyclic) bond motifs is 1. The van der Waals surface area contributed by atoms with E-state index < -0.39 is 0 Å². The molecule has 4 heterocycles. The molecule has 3 aromatic heterocycles. The standard InChI is InChI=1S/C23H34N8O2/c1-3-6-16(8-10-32)28-22-21-18(29-23(24)30-22)13-27-31(21)14-19-20(33-2)11-15(12-26-19)17-7-4-5-9-25-17/h11-13,16-17,25,32H,3-10,14H2,1-2H3,(H3,24,28,29,30). The summed E-state index contributed by atoms with van der Waals surface area (Å²) in [7, 11) is 1.67. The van der Waals surface area contributed by atoms with Gasteiger partial charge < -0.3 is 26.2 Å². The Balaban J connectivity index is 1.64. The van der Waals surface area contributed by atoms with Gasteiger partial charge in [0.2, 0.25) is 5.95 Å². The van der Waals surface area contributed by atoms with Gasteiger partial charge >= 0.3 is 0 Å². The lowest BCUT2D eigenvalue weighted by Crippen LogP contribution is -2.27. The largest absolute Gasteiger partial charge is 0.495 e. The molecule has 33 heavy (non-hydrogen) atoms. The van der Waals surface area contributed by atoms with E-state index in [2.05, 4.69) is 38.7 Å². The number of pyridine rings is 1. The molecule has 2 atom stereocenters. The van der Waals surface area contributed by atoms with Crippen molar-refractivity contribution in [2.24, 2.45) is 0 Å². The number of aromatic nitrogens is 5. The lowest BCUT2D eigenvalue weighted by molar-refractivity contribution is 0.276. The average Bonchev–Trinajstić information content (AvgIpc) is 3.22. The Bertz CT molecular complexity index is 1060. The lowest BCUT2D eigenvalue weighted by atomic mass is 9.98. The van der Waals surface area contributed by atoms with Crippen molar-refractivity contribution >= 4 is 22.8 Å². The smallest absolute Gasteiger partial charge is 0.222 e. The normalized spacial score (nSPS) is 17.2. The maximum atomic E-state index is 9.45. The first kappa shape index (κ1) is 23.2. The molecule has 2 unspecified atom stereocenters. The predicted molar refractivity (Wildman–Crippen MR) is 128 cm³/mol. The molecule has 0 saturated carbocycles. The van der Waals surface area contributed by atoms with E-state index in [9.17, 15) is 5.11 Å². The van der Waals surface area contributed by atoms with Crippen LogP contribution in [0.5, 0.6) is 5.75 Å². The summed E-state index contributed by atoms with van der Waals surface area (Å²) in [6.07, 6.45) is 9.68. The highest BCUT2D eigenvalue weighted by Gasteiger charge is 2.20. The van der Waals surface area contributed by atoms with Crippen LogP contribution in [0.3, 0.4) is 0 Å². The first-order valence-electron chi connectivity index (χ1n) is 11.8. The van der Waals surface area contributed by atoms with Crippen LogP contribution in [0.2, 0.25) is 0 Å². The first-order valence-corrected chi connectivity index (χ1v) is 11.8. The van der Waals surface area contributed by atoms with Gasteiger partial charge in [-0.3, -0.25) is 9.67 Å². The van der Waals surface area contributed by atoms with Crippen LogP contribution < -0.4 is 21.1 Å². The van der Waals surface area contributed by atoms with E-state index >= 15 is 0 Å². The van der Waals surface area contributed by atoms with Gasteiger partial charge in [0.1, 0.15) is 22.5 Å². The predicted octanol–water partition coefficient (Wildman–Crippen LogP) is 2.64. The van der Waals surface area contributed by atoms with E-state index in [-0.39, 0.29) is 18.6 Å². The minimum atomic E-state index is 0.0794. The van der Waals surface area contributed by atoms with Crippen molar-refractivity contribution in [1.82, 2.24) is 30.0 Å². The van der Waals surface area contributed by atoms with Gasteiger partial charge in [0, 0.05) is 24.9 Å². The second-order valence-electron chi connectivity index (χ2n) is 8.53. The summed E-state index contributed by atoms with van der Waals surface area (Å²) in [5.41, 5.74) is 9.30. The number of ether oxygens (including phenoxy) is 1. The second kappa shape index (κ2) is 10.8. The number of aliphatic hydroxyl groups is 1. The maximum Gasteiger partial charge on any atom is 0.222 e. The SMILES string of the molecule is CCCC(CCO)Nc1nc(N)nc2cnn(Cc3ncc(C4CCCCN4)cc3OC)c12. The number of hydrogen-bond acceptors (Lipinski definition) is 9. The van der Waals surface area contributed by atoms with Crippen molar-refractivity contribution < 1.29 is 9.84 Å². The molecule has 10 nitrogen and oxygen atoms in total. The van der Waals surface area contributed by atoms with Crippen molar-refractivity contribution in [3.63, 3.8) is 0 Å². The van der Waals surface area contributed by atoms with Crippen molar-refractivity contribution in [3.05, 3.63) is 29.7 Å². The number of anilines is 2. The van der Waals surface area contributed by atoms with Gasteiger partial charge in [0.15, 0.2) is 5.82 Å². The molecule has 5 N–H and O–H groups in total. The van der Waals surface area contributed by atoms with Gasteiger partial charge in [-0.25, -0.2) is 4.98 Å². The van der Waals surface area contributed by atoms with Gasteiger partial charge in [0.25, 0.3) is 0 Å². The van der Waals surface area contributed by atoms with Gasteiger partial charge in [-0.2, -0.15) is 10.1 Å². The molecule has 4 rings (SSSR count). The zero-order chi connectivity index (χ0) is 23.2. The summed E-state index contributed by atoms with van der Waals surface area (Å²) >= 11 is 0. The Morgan fingerprint density at radius 2 is 2.18 bits per heavy atom. The average molecular weight is 455 g/mol. The third kappa shape index (κ3) is 5.33. The number of rotatable bonds is 10. The van der Waals surface area contributed by atoms with Crippen LogP contribution in [0.1, 0.15) is 62.7 Å². The summed E-state index contributed by atoms with van der Waals surface area (Å²) < 4.78 is 7.51. The molecule has 1 aliphatic rings. The fraction of sp³-hybridized carbons (Fsp3) is 0.565. The number of aliphatic hydroxyl groups excluding tert-OH is 1. The number of methoxy groups -OCH3 is 1. The van der Waals surface area contributed by atoms with Crippen molar-refractivity contribution in [2.75, 3.05) is 31.3 Å². The highest BCUT2D eigenvalue weighted by atomic mass is 16.5. The molecule has 1 fully saturated rings. The highest BCUT2D eigenvalue weighted by Crippen LogP contribution is 2.29. The number of hydrogen-bond donors (Lipinski definition) is 4. The molecule has 0 radical (unpaired) electrons. The number of piperidine rings is 1. The summed E-state index contributed by atoms with van der Waals surface area (Å²) in [5, 5.41) is 21.0. The number of nitrogen functional groups attached to an aromatic ring is 1. The topological polar surface area (TPSA) is 136 Å². The Kier molecular flexibility index (Phi) is 7.56. The quantitative estimate of drug-likeness (QED) is 0.364. The van der Waals surface area contributed by atoms with Gasteiger partial charge in [-0.15, -0.1) is 0 Å². The molecule has 0 amide bonds. The van der Waals surface area contributed by atoms with Crippen molar-refractivity contribution in [1.29, 1.82) is 0 Å². The van der Waals surface area contributed by atoms with Crippen LogP contribution >= 0.6 is 0 Å². The molecule has 0 bridgehead atoms. The van der Waals surface area contributed by atoms with Crippen LogP contribution in [-0.4, -0.2) is 56.1 Å². The van der Waals surface area contributed by atoms with Crippen molar-refractivity contribution in [2.45, 2.75) is 64.1 Å². The zero-order valence-corrected chi connectivity index (χ0v) is 19.4.